The number of rotatable bonds is 11. The van der Waals surface area contributed by atoms with Crippen molar-refractivity contribution in [1.29, 1.82) is 5.41 Å². The third-order valence-electron chi connectivity index (χ3n) is 2.55. The fraction of sp³-hybridized carbons (Fsp3) is 0.846. The highest BCUT2D eigenvalue weighted by Crippen LogP contribution is 2.02. The van der Waals surface area contributed by atoms with Crippen LogP contribution in [0.15, 0.2) is 0 Å². The molecule has 0 aliphatic heterocycles. The summed E-state index contributed by atoms with van der Waals surface area (Å²) >= 11 is 0. The van der Waals surface area contributed by atoms with E-state index in [-0.39, 0.29) is 5.97 Å². The van der Waals surface area contributed by atoms with Crippen LogP contribution in [-0.4, -0.2) is 24.8 Å². The minimum Gasteiger partial charge on any atom is -0.466 e. The molecule has 0 saturated heterocycles. The molecule has 0 aromatic heterocycles. The van der Waals surface area contributed by atoms with Gasteiger partial charge in [-0.1, -0.05) is 19.8 Å². The molecule has 3 N–H and O–H groups in total. The summed E-state index contributed by atoms with van der Waals surface area (Å²) in [5, 5.41) is 7.62. The van der Waals surface area contributed by atoms with Crippen LogP contribution in [0.3, 0.4) is 0 Å². The average molecular weight is 242 g/mol. The summed E-state index contributed by atoms with van der Waals surface area (Å²) in [6, 6.07) is 0. The van der Waals surface area contributed by atoms with Crippen molar-refractivity contribution in [3.63, 3.8) is 0 Å². The van der Waals surface area contributed by atoms with E-state index in [2.05, 4.69) is 6.92 Å². The van der Waals surface area contributed by atoms with Crippen LogP contribution in [0.5, 0.6) is 0 Å². The third-order valence-corrected chi connectivity index (χ3v) is 2.55. The molecule has 0 aliphatic rings. The van der Waals surface area contributed by atoms with E-state index in [4.69, 9.17) is 15.9 Å². The quantitative estimate of drug-likeness (QED) is 0.332. The van der Waals surface area contributed by atoms with Gasteiger partial charge in [0.2, 0.25) is 0 Å². The van der Waals surface area contributed by atoms with Gasteiger partial charge in [0.25, 0.3) is 0 Å². The molecule has 4 nitrogen and oxygen atoms in total. The summed E-state index contributed by atoms with van der Waals surface area (Å²) in [5.41, 5.74) is 6.07. The van der Waals surface area contributed by atoms with Crippen molar-refractivity contribution in [3.05, 3.63) is 0 Å². The van der Waals surface area contributed by atoms with Gasteiger partial charge in [0.15, 0.2) is 0 Å². The highest BCUT2D eigenvalue weighted by Gasteiger charge is 2.02. The zero-order valence-corrected chi connectivity index (χ0v) is 11.0. The van der Waals surface area contributed by atoms with Gasteiger partial charge in [-0.3, -0.25) is 4.79 Å². The van der Waals surface area contributed by atoms with Crippen molar-refractivity contribution in [3.8, 4) is 0 Å². The molecule has 0 aromatic carbocycles. The molecule has 0 atom stereocenters. The first-order valence-electron chi connectivity index (χ1n) is 6.62. The van der Waals surface area contributed by atoms with Crippen LogP contribution in [0.25, 0.3) is 0 Å². The number of nitrogens with one attached hydrogen (secondary N) is 1. The van der Waals surface area contributed by atoms with Crippen LogP contribution in [0, 0.1) is 5.41 Å². The van der Waals surface area contributed by atoms with Gasteiger partial charge in [-0.05, 0) is 38.6 Å². The second-order valence-corrected chi connectivity index (χ2v) is 4.28. The molecule has 4 heteroatoms. The fourth-order valence-electron chi connectivity index (χ4n) is 1.50. The monoisotopic (exact) mass is 242 g/mol. The Kier molecular flexibility index (Phi) is 11.0. The van der Waals surface area contributed by atoms with Gasteiger partial charge in [0.1, 0.15) is 0 Å². The van der Waals surface area contributed by atoms with Crippen molar-refractivity contribution in [2.45, 2.75) is 58.3 Å². The molecule has 0 aromatic rings. The van der Waals surface area contributed by atoms with E-state index in [1.807, 2.05) is 0 Å². The number of hydrogen-bond acceptors (Lipinski definition) is 4. The summed E-state index contributed by atoms with van der Waals surface area (Å²) in [5.74, 6) is -0.105. The Labute approximate surface area is 104 Å². The number of hydrogen-bond donors (Lipinski definition) is 2. The van der Waals surface area contributed by atoms with E-state index in [0.717, 1.165) is 38.5 Å². The lowest BCUT2D eigenvalue weighted by atomic mass is 10.1. The van der Waals surface area contributed by atoms with E-state index in [1.165, 1.54) is 0 Å². The van der Waals surface area contributed by atoms with Crippen LogP contribution in [0.1, 0.15) is 58.3 Å². The molecule has 17 heavy (non-hydrogen) atoms. The first-order chi connectivity index (χ1) is 8.20. The molecule has 0 radical (unpaired) electrons. The Morgan fingerprint density at radius 3 is 2.47 bits per heavy atom. The summed E-state index contributed by atoms with van der Waals surface area (Å²) in [4.78, 5) is 11.2. The zero-order chi connectivity index (χ0) is 12.9. The SMILES string of the molecule is CCCCCC(=O)OCCCC(=N)CCCN. The molecule has 0 spiro atoms. The van der Waals surface area contributed by atoms with E-state index in [0.29, 0.717) is 31.7 Å². The van der Waals surface area contributed by atoms with Gasteiger partial charge in [-0.15, -0.1) is 0 Å². The van der Waals surface area contributed by atoms with Gasteiger partial charge in [-0.25, -0.2) is 0 Å². The standard InChI is InChI=1S/C13H26N2O2/c1-2-3-4-9-13(16)17-11-6-8-12(15)7-5-10-14/h15H,2-11,14H2,1H3. The van der Waals surface area contributed by atoms with Crippen LogP contribution in [-0.2, 0) is 9.53 Å². The van der Waals surface area contributed by atoms with Gasteiger partial charge in [0, 0.05) is 12.1 Å². The van der Waals surface area contributed by atoms with Gasteiger partial charge < -0.3 is 15.9 Å². The lowest BCUT2D eigenvalue weighted by Gasteiger charge is -2.05. The molecule has 100 valence electrons. The Balaban J connectivity index is 3.32. The largest absolute Gasteiger partial charge is 0.466 e. The summed E-state index contributed by atoms with van der Waals surface area (Å²) < 4.78 is 5.08. The first-order valence-corrected chi connectivity index (χ1v) is 6.62. The number of ether oxygens (including phenoxy) is 1. The summed E-state index contributed by atoms with van der Waals surface area (Å²) in [7, 11) is 0. The lowest BCUT2D eigenvalue weighted by Crippen LogP contribution is -2.08. The maximum Gasteiger partial charge on any atom is 0.305 e. The molecular weight excluding hydrogens is 216 g/mol. The molecule has 0 bridgehead atoms. The topological polar surface area (TPSA) is 76.2 Å². The Morgan fingerprint density at radius 2 is 1.82 bits per heavy atom. The molecular formula is C13H26N2O2. The second kappa shape index (κ2) is 11.6. The van der Waals surface area contributed by atoms with Crippen molar-refractivity contribution in [1.82, 2.24) is 0 Å². The Morgan fingerprint density at radius 1 is 1.12 bits per heavy atom. The van der Waals surface area contributed by atoms with Crippen molar-refractivity contribution < 1.29 is 9.53 Å². The number of nitrogens with two attached hydrogens (primary N) is 1. The van der Waals surface area contributed by atoms with Gasteiger partial charge >= 0.3 is 5.97 Å². The minimum absolute atomic E-state index is 0.105. The van der Waals surface area contributed by atoms with Crippen molar-refractivity contribution in [2.24, 2.45) is 5.73 Å². The normalized spacial score (nSPS) is 10.2. The predicted molar refractivity (Wildman–Crippen MR) is 70.4 cm³/mol. The summed E-state index contributed by atoms with van der Waals surface area (Å²) in [6.45, 7) is 3.18. The third kappa shape index (κ3) is 11.4. The highest BCUT2D eigenvalue weighted by molar-refractivity contribution is 5.81. The van der Waals surface area contributed by atoms with Crippen LogP contribution < -0.4 is 5.73 Å². The smallest absolute Gasteiger partial charge is 0.305 e. The average Bonchev–Trinajstić information content (AvgIpc) is 2.32. The first kappa shape index (κ1) is 16.1. The van der Waals surface area contributed by atoms with E-state index >= 15 is 0 Å². The van der Waals surface area contributed by atoms with Crippen LogP contribution in [0.4, 0.5) is 0 Å². The van der Waals surface area contributed by atoms with Crippen LogP contribution in [0.2, 0.25) is 0 Å². The number of esters is 1. The predicted octanol–water partition coefficient (Wildman–Crippen LogP) is 2.65. The maximum atomic E-state index is 11.2. The zero-order valence-electron chi connectivity index (χ0n) is 11.0. The maximum absolute atomic E-state index is 11.2. The summed E-state index contributed by atoms with van der Waals surface area (Å²) in [6.07, 6.45) is 6.74. The molecule has 0 aliphatic carbocycles. The van der Waals surface area contributed by atoms with E-state index in [1.54, 1.807) is 0 Å². The van der Waals surface area contributed by atoms with Crippen molar-refractivity contribution in [2.75, 3.05) is 13.2 Å². The molecule has 0 unspecified atom stereocenters. The Hall–Kier alpha value is -0.900. The molecule has 0 rings (SSSR count). The second-order valence-electron chi connectivity index (χ2n) is 4.28. The van der Waals surface area contributed by atoms with E-state index in [9.17, 15) is 4.79 Å². The number of unbranched alkanes of at least 4 members (excludes halogenated alkanes) is 2. The number of carbonyl (C=O) groups is 1. The fourth-order valence-corrected chi connectivity index (χ4v) is 1.50. The number of carbonyl (C=O) groups excluding carboxylic acids is 1. The molecule has 0 amide bonds. The van der Waals surface area contributed by atoms with Gasteiger partial charge in [0.05, 0.1) is 6.61 Å². The van der Waals surface area contributed by atoms with Gasteiger partial charge in [-0.2, -0.15) is 0 Å². The molecule has 0 fully saturated rings. The Bertz CT molecular complexity index is 217. The minimum atomic E-state index is -0.105. The molecule has 0 saturated carbocycles. The van der Waals surface area contributed by atoms with Crippen LogP contribution >= 0.6 is 0 Å². The van der Waals surface area contributed by atoms with Crippen molar-refractivity contribution >= 4 is 11.7 Å². The van der Waals surface area contributed by atoms with E-state index < -0.39 is 0 Å². The lowest BCUT2D eigenvalue weighted by molar-refractivity contribution is -0.143. The molecule has 0 heterocycles. The highest BCUT2D eigenvalue weighted by atomic mass is 16.5.